The quantitative estimate of drug-likeness (QED) is 0.702. The number of anilines is 2. The second kappa shape index (κ2) is 8.02. The van der Waals surface area contributed by atoms with Gasteiger partial charge in [0.05, 0.1) is 6.54 Å². The Kier molecular flexibility index (Phi) is 5.60. The number of hydrogen-bond donors (Lipinski definition) is 0. The molecule has 29 heavy (non-hydrogen) atoms. The predicted octanol–water partition coefficient (Wildman–Crippen LogP) is 3.05. The topological polar surface area (TPSA) is 61.3 Å². The smallest absolute Gasteiger partial charge is 0.353 e. The standard InChI is InChI=1S/C18H24F3N7S/c1-26(2)17-24-15(25-29-17)10-27-7-5-13(6-8-27)28(12-3-4-12)16-9-14(18(19,20)21)22-11-23-16/h9,11-13H,3-8,10H2,1-2H3. The summed E-state index contributed by atoms with van der Waals surface area (Å²) in [6.07, 6.45) is 0.337. The van der Waals surface area contributed by atoms with Gasteiger partial charge < -0.3 is 9.80 Å². The number of alkyl halides is 3. The van der Waals surface area contributed by atoms with Crippen LogP contribution in [0.1, 0.15) is 37.2 Å². The zero-order valence-electron chi connectivity index (χ0n) is 16.4. The summed E-state index contributed by atoms with van der Waals surface area (Å²) in [5.41, 5.74) is -0.878. The first kappa shape index (κ1) is 20.3. The second-order valence-corrected chi connectivity index (χ2v) is 8.52. The molecule has 1 aliphatic heterocycles. The molecule has 1 saturated carbocycles. The minimum atomic E-state index is -4.46. The summed E-state index contributed by atoms with van der Waals surface area (Å²) < 4.78 is 43.6. The van der Waals surface area contributed by atoms with Crippen LogP contribution in [-0.2, 0) is 12.7 Å². The molecular weight excluding hydrogens is 403 g/mol. The summed E-state index contributed by atoms with van der Waals surface area (Å²) in [4.78, 5) is 18.5. The highest BCUT2D eigenvalue weighted by atomic mass is 32.1. The number of hydrogen-bond acceptors (Lipinski definition) is 8. The van der Waals surface area contributed by atoms with E-state index < -0.39 is 11.9 Å². The van der Waals surface area contributed by atoms with Crippen molar-refractivity contribution in [3.63, 3.8) is 0 Å². The van der Waals surface area contributed by atoms with Gasteiger partial charge in [-0.1, -0.05) is 0 Å². The maximum Gasteiger partial charge on any atom is 0.433 e. The van der Waals surface area contributed by atoms with Crippen LogP contribution in [0.15, 0.2) is 12.4 Å². The highest BCUT2D eigenvalue weighted by molar-refractivity contribution is 7.09. The third-order valence-electron chi connectivity index (χ3n) is 5.30. The van der Waals surface area contributed by atoms with E-state index in [4.69, 9.17) is 0 Å². The van der Waals surface area contributed by atoms with Crippen LogP contribution in [0.5, 0.6) is 0 Å². The summed E-state index contributed by atoms with van der Waals surface area (Å²) in [6.45, 7) is 2.43. The molecule has 0 N–H and O–H groups in total. The maximum atomic E-state index is 13.1. The molecule has 0 amide bonds. The molecule has 3 heterocycles. The van der Waals surface area contributed by atoms with Crippen LogP contribution in [-0.4, -0.2) is 63.5 Å². The molecule has 2 fully saturated rings. The fourth-order valence-electron chi connectivity index (χ4n) is 3.71. The van der Waals surface area contributed by atoms with Gasteiger partial charge in [-0.3, -0.25) is 4.90 Å². The Morgan fingerprint density at radius 3 is 2.38 bits per heavy atom. The largest absolute Gasteiger partial charge is 0.433 e. The van der Waals surface area contributed by atoms with Crippen LogP contribution in [0.3, 0.4) is 0 Å². The first-order chi connectivity index (χ1) is 13.8. The Balaban J connectivity index is 1.41. The molecular formula is C18H24F3N7S. The van der Waals surface area contributed by atoms with Gasteiger partial charge >= 0.3 is 6.18 Å². The summed E-state index contributed by atoms with van der Waals surface area (Å²) in [5.74, 6) is 1.21. The SMILES string of the molecule is CN(C)c1nc(CN2CCC(N(c3cc(C(F)(F)F)ncn3)C3CC3)CC2)ns1. The van der Waals surface area contributed by atoms with Crippen molar-refractivity contribution in [1.82, 2.24) is 24.2 Å². The number of rotatable bonds is 6. The van der Waals surface area contributed by atoms with E-state index in [1.807, 2.05) is 19.0 Å². The molecule has 4 rings (SSSR count). The average molecular weight is 428 g/mol. The van der Waals surface area contributed by atoms with Crippen molar-refractivity contribution in [3.8, 4) is 0 Å². The average Bonchev–Trinajstić information content (AvgIpc) is 3.40. The number of nitrogens with zero attached hydrogens (tertiary/aromatic N) is 7. The maximum absolute atomic E-state index is 13.1. The van der Waals surface area contributed by atoms with Crippen LogP contribution in [0.25, 0.3) is 0 Å². The molecule has 1 aliphatic carbocycles. The molecule has 0 unspecified atom stereocenters. The van der Waals surface area contributed by atoms with E-state index in [2.05, 4.69) is 29.1 Å². The zero-order chi connectivity index (χ0) is 20.6. The van der Waals surface area contributed by atoms with Crippen LogP contribution in [0.4, 0.5) is 24.1 Å². The van der Waals surface area contributed by atoms with Crippen LogP contribution in [0.2, 0.25) is 0 Å². The molecule has 0 radical (unpaired) electrons. The van der Waals surface area contributed by atoms with Crippen molar-refractivity contribution < 1.29 is 13.2 Å². The summed E-state index contributed by atoms with van der Waals surface area (Å²) in [7, 11) is 3.89. The van der Waals surface area contributed by atoms with Crippen molar-refractivity contribution in [2.75, 3.05) is 37.0 Å². The highest BCUT2D eigenvalue weighted by Gasteiger charge is 2.39. The van der Waals surface area contributed by atoms with Crippen LogP contribution >= 0.6 is 11.5 Å². The van der Waals surface area contributed by atoms with Gasteiger partial charge in [-0.2, -0.15) is 17.5 Å². The van der Waals surface area contributed by atoms with Crippen molar-refractivity contribution in [2.24, 2.45) is 0 Å². The summed E-state index contributed by atoms with van der Waals surface area (Å²) >= 11 is 1.39. The monoisotopic (exact) mass is 427 g/mol. The molecule has 2 aromatic rings. The van der Waals surface area contributed by atoms with E-state index in [1.165, 1.54) is 11.5 Å². The van der Waals surface area contributed by atoms with Crippen LogP contribution < -0.4 is 9.80 Å². The van der Waals surface area contributed by atoms with Crippen molar-refractivity contribution in [3.05, 3.63) is 23.9 Å². The molecule has 1 saturated heterocycles. The molecule has 158 valence electrons. The number of likely N-dealkylation sites (tertiary alicyclic amines) is 1. The lowest BCUT2D eigenvalue weighted by atomic mass is 10.0. The van der Waals surface area contributed by atoms with Gasteiger partial charge in [0.1, 0.15) is 17.8 Å². The highest BCUT2D eigenvalue weighted by Crippen LogP contribution is 2.37. The number of halogens is 3. The van der Waals surface area contributed by atoms with Crippen molar-refractivity contribution >= 4 is 22.5 Å². The van der Waals surface area contributed by atoms with E-state index in [1.54, 1.807) is 0 Å². The Hall–Kier alpha value is -2.01. The van der Waals surface area contributed by atoms with Crippen molar-refractivity contribution in [2.45, 2.75) is 50.5 Å². The van der Waals surface area contributed by atoms with E-state index in [0.29, 0.717) is 12.4 Å². The summed E-state index contributed by atoms with van der Waals surface area (Å²) in [5, 5.41) is 0.888. The van der Waals surface area contributed by atoms with Crippen molar-refractivity contribution in [1.29, 1.82) is 0 Å². The Morgan fingerprint density at radius 1 is 1.10 bits per heavy atom. The Bertz CT molecular complexity index is 829. The lowest BCUT2D eigenvalue weighted by Crippen LogP contribution is -2.46. The zero-order valence-corrected chi connectivity index (χ0v) is 17.2. The van der Waals surface area contributed by atoms with E-state index in [0.717, 1.165) is 62.1 Å². The lowest BCUT2D eigenvalue weighted by Gasteiger charge is -2.39. The van der Waals surface area contributed by atoms with Gasteiger partial charge in [-0.05, 0) is 25.7 Å². The molecule has 0 atom stereocenters. The van der Waals surface area contributed by atoms with Gasteiger partial charge in [0.15, 0.2) is 5.82 Å². The predicted molar refractivity (Wildman–Crippen MR) is 105 cm³/mol. The van der Waals surface area contributed by atoms with Gasteiger partial charge in [0.2, 0.25) is 5.13 Å². The molecule has 0 aromatic carbocycles. The fraction of sp³-hybridized carbons (Fsp3) is 0.667. The van der Waals surface area contributed by atoms with Gasteiger partial charge in [0, 0.05) is 56.9 Å². The van der Waals surface area contributed by atoms with Gasteiger partial charge in [-0.25, -0.2) is 15.0 Å². The third kappa shape index (κ3) is 4.77. The first-order valence-electron chi connectivity index (χ1n) is 9.71. The van der Waals surface area contributed by atoms with Gasteiger partial charge in [0.25, 0.3) is 0 Å². The Morgan fingerprint density at radius 2 is 1.79 bits per heavy atom. The van der Waals surface area contributed by atoms with E-state index >= 15 is 0 Å². The third-order valence-corrected chi connectivity index (χ3v) is 6.23. The van der Waals surface area contributed by atoms with E-state index in [-0.39, 0.29) is 12.1 Å². The lowest BCUT2D eigenvalue weighted by molar-refractivity contribution is -0.141. The Labute approximate surface area is 171 Å². The van der Waals surface area contributed by atoms with Gasteiger partial charge in [-0.15, -0.1) is 0 Å². The molecule has 0 bridgehead atoms. The number of piperidine rings is 1. The normalized spacial score (nSPS) is 18.8. The minimum absolute atomic E-state index is 0.190. The molecule has 2 aliphatic rings. The number of aromatic nitrogens is 4. The molecule has 7 nitrogen and oxygen atoms in total. The summed E-state index contributed by atoms with van der Waals surface area (Å²) in [6, 6.07) is 1.56. The molecule has 2 aromatic heterocycles. The minimum Gasteiger partial charge on any atom is -0.353 e. The molecule has 0 spiro atoms. The van der Waals surface area contributed by atoms with Crippen LogP contribution in [0, 0.1) is 0 Å². The second-order valence-electron chi connectivity index (χ2n) is 7.79. The van der Waals surface area contributed by atoms with E-state index in [9.17, 15) is 13.2 Å². The molecule has 11 heteroatoms. The first-order valence-corrected chi connectivity index (χ1v) is 10.5. The fourth-order valence-corrected chi connectivity index (χ4v) is 4.31.